The van der Waals surface area contributed by atoms with E-state index in [4.69, 9.17) is 10.8 Å². The van der Waals surface area contributed by atoms with E-state index in [1.165, 1.54) is 0 Å². The fourth-order valence-corrected chi connectivity index (χ4v) is 6.66. The Balaban J connectivity index is 1.54. The fourth-order valence-electron chi connectivity index (χ4n) is 6.66. The number of hydrogen-bond acceptors (Lipinski definition) is 4. The third-order valence-electron chi connectivity index (χ3n) is 8.49. The Bertz CT molecular complexity index is 1690. The van der Waals surface area contributed by atoms with Crippen LogP contribution in [0.25, 0.3) is 22.4 Å². The van der Waals surface area contributed by atoms with Crippen LogP contribution in [0.4, 0.5) is 0 Å². The molecular formula is C33H28N4O2. The Kier molecular flexibility index (Phi) is 5.80. The average Bonchev–Trinajstić information content (AvgIpc) is 3.32. The number of Topliss-reactive ketones (excluding diaryl/α,β-unsaturated/α-hetero) is 1. The smallest absolute Gasteiger partial charge is 0.248 e. The number of amides is 1. The molecule has 0 radical (unpaired) electrons. The number of nitrogens with zero attached hydrogens (tertiary/aromatic N) is 3. The number of fused-ring (bicyclic) bond motifs is 3. The summed E-state index contributed by atoms with van der Waals surface area (Å²) in [6.45, 7) is 1.96. The minimum atomic E-state index is -0.661. The zero-order valence-corrected chi connectivity index (χ0v) is 21.9. The van der Waals surface area contributed by atoms with Crippen LogP contribution in [0.15, 0.2) is 90.5 Å². The number of carbonyl (C=O) groups excluding carboxylic acids is 2. The molecule has 0 unspecified atom stereocenters. The first-order valence-corrected chi connectivity index (χ1v) is 13.1. The maximum absolute atomic E-state index is 13.1. The number of nitriles is 1. The Labute approximate surface area is 227 Å². The molecule has 3 atom stereocenters. The Hall–Kier alpha value is -4.76. The van der Waals surface area contributed by atoms with Gasteiger partial charge in [-0.15, -0.1) is 0 Å². The summed E-state index contributed by atoms with van der Waals surface area (Å²) in [7, 11) is 1.96. The lowest BCUT2D eigenvalue weighted by Gasteiger charge is -2.47. The van der Waals surface area contributed by atoms with E-state index < -0.39 is 11.3 Å². The molecular weight excluding hydrogens is 484 g/mol. The van der Waals surface area contributed by atoms with Crippen LogP contribution in [0.2, 0.25) is 0 Å². The van der Waals surface area contributed by atoms with Crippen LogP contribution in [0.3, 0.4) is 0 Å². The van der Waals surface area contributed by atoms with E-state index in [0.717, 1.165) is 52.0 Å². The molecule has 0 fully saturated rings. The van der Waals surface area contributed by atoms with Gasteiger partial charge in [0.1, 0.15) is 6.07 Å². The predicted molar refractivity (Wildman–Crippen MR) is 149 cm³/mol. The van der Waals surface area contributed by atoms with E-state index in [1.54, 1.807) is 12.1 Å². The van der Waals surface area contributed by atoms with E-state index in [1.807, 2.05) is 67.2 Å². The van der Waals surface area contributed by atoms with Crippen molar-refractivity contribution in [3.05, 3.63) is 113 Å². The molecule has 1 heterocycles. The number of rotatable bonds is 4. The minimum absolute atomic E-state index is 0.00912. The predicted octanol–water partition coefficient (Wildman–Crippen LogP) is 5.37. The summed E-state index contributed by atoms with van der Waals surface area (Å²) in [5.74, 6) is -0.802. The number of allylic oxidation sites excluding steroid dienone is 2. The van der Waals surface area contributed by atoms with Crippen LogP contribution in [0.5, 0.6) is 0 Å². The minimum Gasteiger partial charge on any atom is -0.366 e. The fraction of sp³-hybridized carbons (Fsp3) is 0.212. The molecule has 0 bridgehead atoms. The lowest BCUT2D eigenvalue weighted by atomic mass is 9.54. The first kappa shape index (κ1) is 24.6. The van der Waals surface area contributed by atoms with E-state index in [-0.39, 0.29) is 23.2 Å². The molecule has 4 aromatic rings. The van der Waals surface area contributed by atoms with E-state index in [9.17, 15) is 14.9 Å². The van der Waals surface area contributed by atoms with Gasteiger partial charge in [0.25, 0.3) is 0 Å². The largest absolute Gasteiger partial charge is 0.366 e. The quantitative estimate of drug-likeness (QED) is 0.397. The lowest BCUT2D eigenvalue weighted by molar-refractivity contribution is -0.121. The van der Waals surface area contributed by atoms with Gasteiger partial charge in [0.05, 0.1) is 22.4 Å². The van der Waals surface area contributed by atoms with Gasteiger partial charge >= 0.3 is 0 Å². The summed E-state index contributed by atoms with van der Waals surface area (Å²) < 4.78 is 1.94. The molecule has 1 aromatic heterocycles. The molecule has 0 aliphatic heterocycles. The molecule has 0 saturated heterocycles. The highest BCUT2D eigenvalue weighted by atomic mass is 16.1. The van der Waals surface area contributed by atoms with Gasteiger partial charge in [0, 0.05) is 29.7 Å². The molecule has 2 aliphatic carbocycles. The third-order valence-corrected chi connectivity index (χ3v) is 8.49. The first-order chi connectivity index (χ1) is 18.8. The standard InChI is InChI=1S/C33H28N4O2/c1-20-28-16-15-27-29(24-8-6-7-23(17-24)21-11-13-22(14-12-21)32(35)39)37(2)36-31(27)33(28,18-25(19-34)30(20)38)26-9-4-3-5-10-26/h3-14,17-18,20,28H,15-16H2,1-2H3,(H2,35,39)/t20-,28-,33+/m0/s1. The summed E-state index contributed by atoms with van der Waals surface area (Å²) in [6, 6.07) is 27.9. The first-order valence-electron chi connectivity index (χ1n) is 13.1. The SMILES string of the molecule is C[C@@H]1C(=O)C(C#N)=C[C@]2(c3ccccc3)c3nn(C)c(-c4cccc(-c5ccc(C(N)=O)cc5)c4)c3CC[C@@H]12. The second-order valence-corrected chi connectivity index (χ2v) is 10.5. The Morgan fingerprint density at radius 3 is 2.44 bits per heavy atom. The molecule has 3 aromatic carbocycles. The van der Waals surface area contributed by atoms with Crippen LogP contribution in [-0.2, 0) is 23.7 Å². The van der Waals surface area contributed by atoms with Gasteiger partial charge < -0.3 is 5.73 Å². The zero-order valence-electron chi connectivity index (χ0n) is 21.9. The van der Waals surface area contributed by atoms with Crippen molar-refractivity contribution in [2.24, 2.45) is 24.6 Å². The van der Waals surface area contributed by atoms with E-state index in [2.05, 4.69) is 30.3 Å². The number of primary amides is 1. The number of carbonyl (C=O) groups is 2. The van der Waals surface area contributed by atoms with Crippen molar-refractivity contribution >= 4 is 11.7 Å². The maximum Gasteiger partial charge on any atom is 0.248 e. The second kappa shape index (κ2) is 9.21. The highest BCUT2D eigenvalue weighted by molar-refractivity contribution is 6.02. The van der Waals surface area contributed by atoms with Gasteiger partial charge in [0.2, 0.25) is 5.91 Å². The highest BCUT2D eigenvalue weighted by Gasteiger charge is 2.54. The van der Waals surface area contributed by atoms with E-state index >= 15 is 0 Å². The summed E-state index contributed by atoms with van der Waals surface area (Å²) in [5.41, 5.74) is 12.6. The maximum atomic E-state index is 13.1. The van der Waals surface area contributed by atoms with Crippen LogP contribution in [-0.4, -0.2) is 21.5 Å². The molecule has 2 N–H and O–H groups in total. The molecule has 6 heteroatoms. The highest BCUT2D eigenvalue weighted by Crippen LogP contribution is 2.54. The molecule has 1 amide bonds. The van der Waals surface area contributed by atoms with Crippen LogP contribution < -0.4 is 5.73 Å². The molecule has 6 rings (SSSR count). The van der Waals surface area contributed by atoms with Crippen molar-refractivity contribution < 1.29 is 9.59 Å². The lowest BCUT2D eigenvalue weighted by Crippen LogP contribution is -2.48. The molecule has 2 aliphatic rings. The Morgan fingerprint density at radius 2 is 1.74 bits per heavy atom. The van der Waals surface area contributed by atoms with Gasteiger partial charge in [-0.05, 0) is 59.7 Å². The van der Waals surface area contributed by atoms with Crippen molar-refractivity contribution in [2.45, 2.75) is 25.2 Å². The van der Waals surface area contributed by atoms with Gasteiger partial charge in [-0.1, -0.05) is 67.6 Å². The molecule has 0 saturated carbocycles. The monoisotopic (exact) mass is 512 g/mol. The topological polar surface area (TPSA) is 102 Å². The number of nitrogens with two attached hydrogens (primary N) is 1. The van der Waals surface area contributed by atoms with Crippen molar-refractivity contribution in [3.8, 4) is 28.5 Å². The van der Waals surface area contributed by atoms with Crippen LogP contribution in [0.1, 0.15) is 40.5 Å². The molecule has 6 nitrogen and oxygen atoms in total. The number of hydrogen-bond donors (Lipinski definition) is 1. The van der Waals surface area contributed by atoms with Crippen molar-refractivity contribution in [1.82, 2.24) is 9.78 Å². The number of aromatic nitrogens is 2. The normalized spacial score (nSPS) is 21.9. The van der Waals surface area contributed by atoms with Gasteiger partial charge in [0.15, 0.2) is 5.78 Å². The van der Waals surface area contributed by atoms with Crippen molar-refractivity contribution in [1.29, 1.82) is 5.26 Å². The zero-order chi connectivity index (χ0) is 27.3. The molecule has 39 heavy (non-hydrogen) atoms. The summed E-state index contributed by atoms with van der Waals surface area (Å²) in [6.07, 6.45) is 3.50. The third kappa shape index (κ3) is 3.73. The molecule has 192 valence electrons. The summed E-state index contributed by atoms with van der Waals surface area (Å²) in [5, 5.41) is 15.0. The van der Waals surface area contributed by atoms with Gasteiger partial charge in [-0.25, -0.2) is 0 Å². The number of ketones is 1. The van der Waals surface area contributed by atoms with Crippen LogP contribution >= 0.6 is 0 Å². The van der Waals surface area contributed by atoms with Crippen molar-refractivity contribution in [3.63, 3.8) is 0 Å². The summed E-state index contributed by atoms with van der Waals surface area (Å²) in [4.78, 5) is 24.6. The number of aryl methyl sites for hydroxylation is 1. The van der Waals surface area contributed by atoms with Crippen molar-refractivity contribution in [2.75, 3.05) is 0 Å². The van der Waals surface area contributed by atoms with Crippen LogP contribution in [0, 0.1) is 23.2 Å². The second-order valence-electron chi connectivity index (χ2n) is 10.5. The number of benzene rings is 3. The summed E-state index contributed by atoms with van der Waals surface area (Å²) >= 11 is 0. The average molecular weight is 513 g/mol. The van der Waals surface area contributed by atoms with Gasteiger partial charge in [-0.3, -0.25) is 14.3 Å². The van der Waals surface area contributed by atoms with E-state index in [0.29, 0.717) is 5.56 Å². The Morgan fingerprint density at radius 1 is 1.03 bits per heavy atom. The molecule has 0 spiro atoms. The van der Waals surface area contributed by atoms with Gasteiger partial charge in [-0.2, -0.15) is 10.4 Å².